The number of alkyl halides is 3. The number of anilines is 1. The van der Waals surface area contributed by atoms with Crippen molar-refractivity contribution in [1.29, 1.82) is 0 Å². The minimum atomic E-state index is -4.66. The molecular weight excluding hydrogens is 367 g/mol. The smallest absolute Gasteiger partial charge is 0.417 e. The highest BCUT2D eigenvalue weighted by Crippen LogP contribution is 2.35. The number of thiophene rings is 1. The maximum atomic E-state index is 13.1. The topological polar surface area (TPSA) is 55.4 Å². The molecule has 0 saturated heterocycles. The molecule has 0 fully saturated rings. The fraction of sp³-hybridized carbons (Fsp3) is 0.333. The molecule has 2 aromatic rings. The van der Waals surface area contributed by atoms with Crippen molar-refractivity contribution in [3.63, 3.8) is 0 Å². The van der Waals surface area contributed by atoms with Crippen LogP contribution in [0.2, 0.25) is 0 Å². The van der Waals surface area contributed by atoms with Crippen molar-refractivity contribution in [1.82, 2.24) is 0 Å². The highest BCUT2D eigenvalue weighted by Gasteiger charge is 2.35. The van der Waals surface area contributed by atoms with Crippen molar-refractivity contribution in [2.24, 2.45) is 0 Å². The lowest BCUT2D eigenvalue weighted by atomic mass is 10.1. The second-order valence-electron chi connectivity index (χ2n) is 5.76. The highest BCUT2D eigenvalue weighted by atomic mass is 32.1. The Morgan fingerprint density at radius 1 is 1.19 bits per heavy atom. The molecule has 0 saturated carbocycles. The van der Waals surface area contributed by atoms with Gasteiger partial charge in [-0.3, -0.25) is 4.79 Å². The quantitative estimate of drug-likeness (QED) is 0.709. The third-order valence-electron chi connectivity index (χ3n) is 3.52. The van der Waals surface area contributed by atoms with Gasteiger partial charge in [0.1, 0.15) is 5.00 Å². The SMILES string of the molecule is CCOC(=O)c1cc(C(C)C)sc1NC(=O)c1ccccc1C(F)(F)F. The largest absolute Gasteiger partial charge is 0.462 e. The van der Waals surface area contributed by atoms with Crippen LogP contribution < -0.4 is 5.32 Å². The molecule has 26 heavy (non-hydrogen) atoms. The van der Waals surface area contributed by atoms with Gasteiger partial charge in [0, 0.05) is 4.88 Å². The molecule has 0 radical (unpaired) electrons. The molecule has 0 unspecified atom stereocenters. The molecule has 1 aromatic heterocycles. The molecule has 4 nitrogen and oxygen atoms in total. The second-order valence-corrected chi connectivity index (χ2v) is 6.85. The van der Waals surface area contributed by atoms with Crippen LogP contribution in [0.1, 0.15) is 57.8 Å². The first-order chi connectivity index (χ1) is 12.1. The first kappa shape index (κ1) is 20.0. The summed E-state index contributed by atoms with van der Waals surface area (Å²) in [6.45, 7) is 5.61. The third-order valence-corrected chi connectivity index (χ3v) is 4.87. The standard InChI is InChI=1S/C18H18F3NO3S/c1-4-25-17(24)12-9-14(10(2)3)26-16(12)22-15(23)11-7-5-6-8-13(11)18(19,20)21/h5-10H,4H2,1-3H3,(H,22,23). The van der Waals surface area contributed by atoms with Crippen molar-refractivity contribution in [2.45, 2.75) is 32.9 Å². The highest BCUT2D eigenvalue weighted by molar-refractivity contribution is 7.16. The zero-order chi connectivity index (χ0) is 19.5. The van der Waals surface area contributed by atoms with Crippen LogP contribution in [0.3, 0.4) is 0 Å². The minimum Gasteiger partial charge on any atom is -0.462 e. The summed E-state index contributed by atoms with van der Waals surface area (Å²) in [7, 11) is 0. The number of rotatable bonds is 5. The van der Waals surface area contributed by atoms with Crippen LogP contribution in [-0.4, -0.2) is 18.5 Å². The summed E-state index contributed by atoms with van der Waals surface area (Å²) >= 11 is 1.14. The summed E-state index contributed by atoms with van der Waals surface area (Å²) in [4.78, 5) is 25.3. The summed E-state index contributed by atoms with van der Waals surface area (Å²) < 4.78 is 44.3. The molecule has 2 rings (SSSR count). The van der Waals surface area contributed by atoms with Crippen LogP contribution in [0, 0.1) is 0 Å². The van der Waals surface area contributed by atoms with E-state index in [1.54, 1.807) is 13.0 Å². The fourth-order valence-electron chi connectivity index (χ4n) is 2.25. The van der Waals surface area contributed by atoms with Gasteiger partial charge < -0.3 is 10.1 Å². The van der Waals surface area contributed by atoms with Crippen molar-refractivity contribution in [3.05, 3.63) is 51.9 Å². The summed E-state index contributed by atoms with van der Waals surface area (Å²) in [5.41, 5.74) is -1.40. The summed E-state index contributed by atoms with van der Waals surface area (Å²) in [5, 5.41) is 2.61. The summed E-state index contributed by atoms with van der Waals surface area (Å²) in [5.74, 6) is -1.48. The Kier molecular flexibility index (Phi) is 6.07. The van der Waals surface area contributed by atoms with Gasteiger partial charge in [-0.1, -0.05) is 26.0 Å². The van der Waals surface area contributed by atoms with E-state index < -0.39 is 29.2 Å². The lowest BCUT2D eigenvalue weighted by molar-refractivity contribution is -0.137. The van der Waals surface area contributed by atoms with Gasteiger partial charge in [0.15, 0.2) is 0 Å². The Morgan fingerprint density at radius 2 is 1.85 bits per heavy atom. The predicted molar refractivity (Wildman–Crippen MR) is 93.8 cm³/mol. The molecule has 0 atom stereocenters. The number of hydrogen-bond acceptors (Lipinski definition) is 4. The van der Waals surface area contributed by atoms with Gasteiger partial charge in [0.25, 0.3) is 5.91 Å². The van der Waals surface area contributed by atoms with Gasteiger partial charge in [0.2, 0.25) is 0 Å². The van der Waals surface area contributed by atoms with Crippen molar-refractivity contribution in [3.8, 4) is 0 Å². The lowest BCUT2D eigenvalue weighted by Gasteiger charge is -2.12. The van der Waals surface area contributed by atoms with Gasteiger partial charge >= 0.3 is 12.1 Å². The van der Waals surface area contributed by atoms with E-state index in [2.05, 4.69) is 5.32 Å². The van der Waals surface area contributed by atoms with Gasteiger partial charge in [-0.15, -0.1) is 11.3 Å². The monoisotopic (exact) mass is 385 g/mol. The van der Waals surface area contributed by atoms with Gasteiger partial charge in [-0.05, 0) is 31.0 Å². The predicted octanol–water partition coefficient (Wildman–Crippen LogP) is 5.32. The molecule has 0 spiro atoms. The molecule has 8 heteroatoms. The Hall–Kier alpha value is -2.35. The molecule has 0 bridgehead atoms. The molecule has 0 aliphatic carbocycles. The van der Waals surface area contributed by atoms with Crippen LogP contribution in [0.5, 0.6) is 0 Å². The first-order valence-corrected chi connectivity index (χ1v) is 8.75. The average Bonchev–Trinajstić information content (AvgIpc) is 2.98. The zero-order valence-corrected chi connectivity index (χ0v) is 15.3. The Bertz CT molecular complexity index is 812. The number of amides is 1. The van der Waals surface area contributed by atoms with E-state index in [0.29, 0.717) is 0 Å². The Morgan fingerprint density at radius 3 is 2.42 bits per heavy atom. The zero-order valence-electron chi connectivity index (χ0n) is 14.4. The minimum absolute atomic E-state index is 0.0845. The maximum Gasteiger partial charge on any atom is 0.417 e. The normalized spacial score (nSPS) is 11.5. The number of benzene rings is 1. The van der Waals surface area contributed by atoms with E-state index in [-0.39, 0.29) is 23.1 Å². The number of carbonyl (C=O) groups is 2. The number of hydrogen-bond donors (Lipinski definition) is 1. The van der Waals surface area contributed by atoms with Gasteiger partial charge in [0.05, 0.1) is 23.3 Å². The molecule has 0 aliphatic heterocycles. The number of ether oxygens (including phenoxy) is 1. The van der Waals surface area contributed by atoms with Gasteiger partial charge in [-0.2, -0.15) is 13.2 Å². The van der Waals surface area contributed by atoms with Crippen molar-refractivity contribution < 1.29 is 27.5 Å². The van der Waals surface area contributed by atoms with Crippen molar-refractivity contribution >= 4 is 28.2 Å². The van der Waals surface area contributed by atoms with E-state index in [1.807, 2.05) is 13.8 Å². The number of carbonyl (C=O) groups excluding carboxylic acids is 2. The fourth-order valence-corrected chi connectivity index (χ4v) is 3.29. The maximum absolute atomic E-state index is 13.1. The molecule has 140 valence electrons. The second kappa shape index (κ2) is 7.90. The average molecular weight is 385 g/mol. The molecule has 1 amide bonds. The van der Waals surface area contributed by atoms with Gasteiger partial charge in [-0.25, -0.2) is 4.79 Å². The molecular formula is C18H18F3NO3S. The molecule has 1 aromatic carbocycles. The Balaban J connectivity index is 2.39. The Labute approximate surface area is 153 Å². The van der Waals surface area contributed by atoms with E-state index in [4.69, 9.17) is 4.74 Å². The van der Waals surface area contributed by atoms with Crippen LogP contribution >= 0.6 is 11.3 Å². The lowest BCUT2D eigenvalue weighted by Crippen LogP contribution is -2.19. The van der Waals surface area contributed by atoms with E-state index in [1.165, 1.54) is 12.1 Å². The molecule has 0 aliphatic rings. The first-order valence-electron chi connectivity index (χ1n) is 7.93. The number of nitrogens with one attached hydrogen (secondary N) is 1. The van der Waals surface area contributed by atoms with E-state index in [9.17, 15) is 22.8 Å². The molecule has 1 heterocycles. The van der Waals surface area contributed by atoms with Crippen LogP contribution in [0.4, 0.5) is 18.2 Å². The van der Waals surface area contributed by atoms with Crippen LogP contribution in [-0.2, 0) is 10.9 Å². The summed E-state index contributed by atoms with van der Waals surface area (Å²) in [6, 6.07) is 6.10. The number of halogens is 3. The summed E-state index contributed by atoms with van der Waals surface area (Å²) in [6.07, 6.45) is -4.66. The number of esters is 1. The third kappa shape index (κ3) is 4.43. The van der Waals surface area contributed by atoms with Crippen molar-refractivity contribution in [2.75, 3.05) is 11.9 Å². The van der Waals surface area contributed by atoms with E-state index >= 15 is 0 Å². The van der Waals surface area contributed by atoms with Crippen LogP contribution in [0.25, 0.3) is 0 Å². The molecule has 1 N–H and O–H groups in total. The van der Waals surface area contributed by atoms with E-state index in [0.717, 1.165) is 28.3 Å². The van der Waals surface area contributed by atoms with Crippen LogP contribution in [0.15, 0.2) is 30.3 Å².